The van der Waals surface area contributed by atoms with Crippen molar-refractivity contribution in [3.63, 3.8) is 0 Å². The van der Waals surface area contributed by atoms with Gasteiger partial charge in [-0.05, 0) is 38.1 Å². The topological polar surface area (TPSA) is 92.5 Å². The standard InChI is InChI=1S/C19H19N3O4S/c1-14-8-10-17(11-9-14)27(24,25)22(16-6-4-3-5-7-16)13-19(23)20-18-12-15(2)26-21-18/h3-12H,13H2,1-2H3,(H,20,21,23). The molecule has 0 aliphatic rings. The molecule has 3 rings (SSSR count). The highest BCUT2D eigenvalue weighted by molar-refractivity contribution is 7.92. The molecule has 0 bridgehead atoms. The van der Waals surface area contributed by atoms with E-state index in [-0.39, 0.29) is 10.7 Å². The Bertz CT molecular complexity index is 1030. The van der Waals surface area contributed by atoms with Gasteiger partial charge in [0.1, 0.15) is 12.3 Å². The maximum absolute atomic E-state index is 13.1. The van der Waals surface area contributed by atoms with Gasteiger partial charge in [-0.3, -0.25) is 9.10 Å². The third-order valence-corrected chi connectivity index (χ3v) is 5.62. The number of carbonyl (C=O) groups is 1. The average molecular weight is 385 g/mol. The van der Waals surface area contributed by atoms with Crippen LogP contribution in [0, 0.1) is 13.8 Å². The highest BCUT2D eigenvalue weighted by Gasteiger charge is 2.27. The number of carbonyl (C=O) groups excluding carboxylic acids is 1. The Morgan fingerprint density at radius 3 is 2.33 bits per heavy atom. The van der Waals surface area contributed by atoms with Crippen LogP contribution in [-0.2, 0) is 14.8 Å². The zero-order valence-electron chi connectivity index (χ0n) is 14.9. The number of aryl methyl sites for hydroxylation is 2. The summed E-state index contributed by atoms with van der Waals surface area (Å²) >= 11 is 0. The fourth-order valence-corrected chi connectivity index (χ4v) is 3.91. The minimum atomic E-state index is -3.92. The molecule has 0 spiro atoms. The fraction of sp³-hybridized carbons (Fsp3) is 0.158. The lowest BCUT2D eigenvalue weighted by Gasteiger charge is -2.24. The minimum absolute atomic E-state index is 0.113. The molecule has 27 heavy (non-hydrogen) atoms. The second-order valence-corrected chi connectivity index (χ2v) is 7.89. The first-order valence-corrected chi connectivity index (χ1v) is 9.68. The monoisotopic (exact) mass is 385 g/mol. The second kappa shape index (κ2) is 7.63. The minimum Gasteiger partial charge on any atom is -0.360 e. The van der Waals surface area contributed by atoms with E-state index in [1.807, 2.05) is 6.92 Å². The summed E-state index contributed by atoms with van der Waals surface area (Å²) in [5, 5.41) is 6.24. The number of para-hydroxylation sites is 1. The Balaban J connectivity index is 1.91. The Hall–Kier alpha value is -3.13. The summed E-state index contributed by atoms with van der Waals surface area (Å²) in [5.74, 6) is 0.249. The van der Waals surface area contributed by atoms with Gasteiger partial charge in [0.15, 0.2) is 5.82 Å². The van der Waals surface area contributed by atoms with E-state index in [1.54, 1.807) is 55.5 Å². The van der Waals surface area contributed by atoms with Crippen molar-refractivity contribution in [2.45, 2.75) is 18.7 Å². The van der Waals surface area contributed by atoms with Crippen molar-refractivity contribution in [3.05, 3.63) is 72.0 Å². The van der Waals surface area contributed by atoms with Crippen LogP contribution >= 0.6 is 0 Å². The third kappa shape index (κ3) is 4.35. The first-order valence-electron chi connectivity index (χ1n) is 8.24. The van der Waals surface area contributed by atoms with Gasteiger partial charge >= 0.3 is 0 Å². The number of amides is 1. The smallest absolute Gasteiger partial charge is 0.264 e. The molecule has 1 N–H and O–H groups in total. The van der Waals surface area contributed by atoms with Gasteiger partial charge in [0, 0.05) is 6.07 Å². The highest BCUT2D eigenvalue weighted by atomic mass is 32.2. The number of nitrogens with zero attached hydrogens (tertiary/aromatic N) is 2. The predicted molar refractivity (Wildman–Crippen MR) is 102 cm³/mol. The summed E-state index contributed by atoms with van der Waals surface area (Å²) in [6.45, 7) is 3.17. The number of benzene rings is 2. The zero-order chi connectivity index (χ0) is 19.4. The largest absolute Gasteiger partial charge is 0.360 e. The third-order valence-electron chi connectivity index (χ3n) is 3.84. The molecule has 1 aromatic heterocycles. The molecule has 0 saturated carbocycles. The highest BCUT2D eigenvalue weighted by Crippen LogP contribution is 2.23. The number of rotatable bonds is 6. The molecule has 0 unspecified atom stereocenters. The lowest BCUT2D eigenvalue weighted by atomic mass is 10.2. The van der Waals surface area contributed by atoms with Crippen molar-refractivity contribution < 1.29 is 17.7 Å². The van der Waals surface area contributed by atoms with E-state index in [2.05, 4.69) is 10.5 Å². The molecule has 3 aromatic rings. The summed E-state index contributed by atoms with van der Waals surface area (Å²) in [6, 6.07) is 16.5. The molecule has 2 aromatic carbocycles. The molecule has 0 aliphatic carbocycles. The summed E-state index contributed by atoms with van der Waals surface area (Å²) in [7, 11) is -3.92. The van der Waals surface area contributed by atoms with Crippen molar-refractivity contribution >= 4 is 27.4 Å². The van der Waals surface area contributed by atoms with Gasteiger partial charge in [-0.1, -0.05) is 41.1 Å². The van der Waals surface area contributed by atoms with E-state index >= 15 is 0 Å². The first kappa shape index (κ1) is 18.7. The van der Waals surface area contributed by atoms with Gasteiger partial charge in [0.25, 0.3) is 10.0 Å². The van der Waals surface area contributed by atoms with Crippen molar-refractivity contribution in [2.24, 2.45) is 0 Å². The Morgan fingerprint density at radius 1 is 1.07 bits per heavy atom. The molecular formula is C19H19N3O4S. The van der Waals surface area contributed by atoms with Crippen LogP contribution in [0.4, 0.5) is 11.5 Å². The van der Waals surface area contributed by atoms with Crippen molar-refractivity contribution in [1.29, 1.82) is 0 Å². The molecular weight excluding hydrogens is 366 g/mol. The van der Waals surface area contributed by atoms with E-state index in [4.69, 9.17) is 4.52 Å². The Kier molecular flexibility index (Phi) is 5.27. The fourth-order valence-electron chi connectivity index (χ4n) is 2.48. The van der Waals surface area contributed by atoms with Crippen LogP contribution in [0.3, 0.4) is 0 Å². The van der Waals surface area contributed by atoms with Gasteiger partial charge in [-0.25, -0.2) is 8.42 Å². The molecule has 0 atom stereocenters. The van der Waals surface area contributed by atoms with Crippen molar-refractivity contribution in [2.75, 3.05) is 16.2 Å². The number of nitrogens with one attached hydrogen (secondary N) is 1. The van der Waals surface area contributed by atoms with Gasteiger partial charge in [0.05, 0.1) is 10.6 Å². The van der Waals surface area contributed by atoms with Gasteiger partial charge < -0.3 is 9.84 Å². The Labute approximate surface area is 157 Å². The summed E-state index contributed by atoms with van der Waals surface area (Å²) in [4.78, 5) is 12.6. The summed E-state index contributed by atoms with van der Waals surface area (Å²) < 4.78 is 32.3. The van der Waals surface area contributed by atoms with Crippen LogP contribution in [0.1, 0.15) is 11.3 Å². The maximum atomic E-state index is 13.1. The molecule has 1 heterocycles. The zero-order valence-corrected chi connectivity index (χ0v) is 15.7. The van der Waals surface area contributed by atoms with Gasteiger partial charge in [-0.2, -0.15) is 0 Å². The van der Waals surface area contributed by atoms with E-state index in [1.165, 1.54) is 12.1 Å². The quantitative estimate of drug-likeness (QED) is 0.704. The van der Waals surface area contributed by atoms with E-state index in [0.29, 0.717) is 11.4 Å². The lowest BCUT2D eigenvalue weighted by Crippen LogP contribution is -2.38. The van der Waals surface area contributed by atoms with Gasteiger partial charge in [0.2, 0.25) is 5.91 Å². The Morgan fingerprint density at radius 2 is 1.74 bits per heavy atom. The molecule has 7 nitrogen and oxygen atoms in total. The van der Waals surface area contributed by atoms with Crippen LogP contribution in [0.5, 0.6) is 0 Å². The molecule has 0 fully saturated rings. The summed E-state index contributed by atoms with van der Waals surface area (Å²) in [6.07, 6.45) is 0. The molecule has 0 aliphatic heterocycles. The molecule has 0 radical (unpaired) electrons. The maximum Gasteiger partial charge on any atom is 0.264 e. The van der Waals surface area contributed by atoms with Crippen LogP contribution < -0.4 is 9.62 Å². The SMILES string of the molecule is Cc1ccc(S(=O)(=O)N(CC(=O)Nc2cc(C)on2)c2ccccc2)cc1. The van der Waals surface area contributed by atoms with Crippen LogP contribution in [-0.4, -0.2) is 26.0 Å². The first-order chi connectivity index (χ1) is 12.9. The van der Waals surface area contributed by atoms with Crippen LogP contribution in [0.15, 0.2) is 70.1 Å². The number of sulfonamides is 1. The molecule has 8 heteroatoms. The van der Waals surface area contributed by atoms with Crippen molar-refractivity contribution in [1.82, 2.24) is 5.16 Å². The number of hydrogen-bond acceptors (Lipinski definition) is 5. The van der Waals surface area contributed by atoms with E-state index in [9.17, 15) is 13.2 Å². The second-order valence-electron chi connectivity index (χ2n) is 6.03. The summed E-state index contributed by atoms with van der Waals surface area (Å²) in [5.41, 5.74) is 1.34. The number of anilines is 2. The van der Waals surface area contributed by atoms with Gasteiger partial charge in [-0.15, -0.1) is 0 Å². The lowest BCUT2D eigenvalue weighted by molar-refractivity contribution is -0.114. The molecule has 0 saturated heterocycles. The average Bonchev–Trinajstić information content (AvgIpc) is 3.05. The van der Waals surface area contributed by atoms with Crippen LogP contribution in [0.2, 0.25) is 0 Å². The normalized spacial score (nSPS) is 11.2. The van der Waals surface area contributed by atoms with E-state index in [0.717, 1.165) is 9.87 Å². The number of hydrogen-bond donors (Lipinski definition) is 1. The molecule has 140 valence electrons. The number of aromatic nitrogens is 1. The van der Waals surface area contributed by atoms with E-state index < -0.39 is 22.5 Å². The van der Waals surface area contributed by atoms with Crippen molar-refractivity contribution in [3.8, 4) is 0 Å². The molecule has 1 amide bonds. The van der Waals surface area contributed by atoms with Crippen LogP contribution in [0.25, 0.3) is 0 Å². The predicted octanol–water partition coefficient (Wildman–Crippen LogP) is 3.13.